The first-order valence-electron chi connectivity index (χ1n) is 7.73. The van der Waals surface area contributed by atoms with Crippen molar-refractivity contribution in [2.75, 3.05) is 6.54 Å². The van der Waals surface area contributed by atoms with E-state index in [1.54, 1.807) is 0 Å². The maximum Gasteiger partial charge on any atom is 0.270 e. The molecule has 1 aliphatic heterocycles. The molecule has 4 heteroatoms. The van der Waals surface area contributed by atoms with E-state index >= 15 is 0 Å². The van der Waals surface area contributed by atoms with Crippen LogP contribution in [0, 0.1) is 0 Å². The first kappa shape index (κ1) is 15.6. The summed E-state index contributed by atoms with van der Waals surface area (Å²) in [5.41, 5.74) is 0.812. The zero-order valence-corrected chi connectivity index (χ0v) is 14.3. The van der Waals surface area contributed by atoms with Gasteiger partial charge in [-0.25, -0.2) is 0 Å². The Morgan fingerprint density at radius 3 is 2.80 bits per heavy atom. The highest BCUT2D eigenvalue weighted by Crippen LogP contribution is 2.25. The molecule has 20 heavy (non-hydrogen) atoms. The molecule has 1 aliphatic rings. The number of halogens is 1. The molecule has 0 N–H and O–H groups in total. The fraction of sp³-hybridized carbons (Fsp3) is 0.688. The molecule has 1 unspecified atom stereocenters. The third-order valence-electron chi connectivity index (χ3n) is 4.20. The van der Waals surface area contributed by atoms with Gasteiger partial charge in [-0.1, -0.05) is 19.8 Å². The van der Waals surface area contributed by atoms with Crippen molar-refractivity contribution in [3.63, 3.8) is 0 Å². The van der Waals surface area contributed by atoms with Gasteiger partial charge in [0.15, 0.2) is 0 Å². The Hall–Kier alpha value is -0.770. The van der Waals surface area contributed by atoms with Crippen LogP contribution in [0.1, 0.15) is 69.4 Å². The second kappa shape index (κ2) is 6.79. The van der Waals surface area contributed by atoms with Gasteiger partial charge in [-0.3, -0.25) is 4.79 Å². The van der Waals surface area contributed by atoms with Crippen LogP contribution in [-0.2, 0) is 0 Å². The maximum atomic E-state index is 12.9. The average molecular weight is 341 g/mol. The quantitative estimate of drug-likeness (QED) is 0.787. The Bertz CT molecular complexity index is 467. The van der Waals surface area contributed by atoms with Crippen LogP contribution in [-0.4, -0.2) is 28.0 Å². The van der Waals surface area contributed by atoms with Crippen molar-refractivity contribution >= 4 is 21.8 Å². The number of carbonyl (C=O) groups excluding carboxylic acids is 1. The molecule has 0 spiro atoms. The molecule has 2 heterocycles. The van der Waals surface area contributed by atoms with Gasteiger partial charge < -0.3 is 9.47 Å². The van der Waals surface area contributed by atoms with E-state index in [1.165, 1.54) is 12.8 Å². The van der Waals surface area contributed by atoms with Crippen LogP contribution in [0.5, 0.6) is 0 Å². The summed E-state index contributed by atoms with van der Waals surface area (Å²) in [7, 11) is 0. The van der Waals surface area contributed by atoms with Crippen LogP contribution in [0.15, 0.2) is 16.7 Å². The van der Waals surface area contributed by atoms with E-state index in [1.807, 2.05) is 12.3 Å². The van der Waals surface area contributed by atoms with Gasteiger partial charge in [-0.2, -0.15) is 0 Å². The van der Waals surface area contributed by atoms with Crippen LogP contribution in [0.25, 0.3) is 0 Å². The Balaban J connectivity index is 2.29. The first-order chi connectivity index (χ1) is 9.54. The van der Waals surface area contributed by atoms with E-state index in [0.717, 1.165) is 36.0 Å². The molecular weight excluding hydrogens is 316 g/mol. The van der Waals surface area contributed by atoms with Crippen LogP contribution in [0.4, 0.5) is 0 Å². The molecule has 2 rings (SSSR count). The van der Waals surface area contributed by atoms with Crippen LogP contribution >= 0.6 is 15.9 Å². The molecule has 0 saturated carbocycles. The second-order valence-corrected chi connectivity index (χ2v) is 6.87. The van der Waals surface area contributed by atoms with E-state index in [4.69, 9.17) is 0 Å². The molecule has 112 valence electrons. The smallest absolute Gasteiger partial charge is 0.270 e. The molecule has 1 aromatic rings. The minimum atomic E-state index is 0.193. The van der Waals surface area contributed by atoms with Crippen molar-refractivity contribution < 1.29 is 4.79 Å². The van der Waals surface area contributed by atoms with Crippen molar-refractivity contribution in [3.05, 3.63) is 22.4 Å². The van der Waals surface area contributed by atoms with Gasteiger partial charge in [-0.05, 0) is 55.1 Å². The topological polar surface area (TPSA) is 25.2 Å². The highest BCUT2D eigenvalue weighted by atomic mass is 79.9. The third kappa shape index (κ3) is 3.27. The molecular formula is C16H25BrN2O. The average Bonchev–Trinajstić information content (AvgIpc) is 2.67. The normalized spacial score (nSPS) is 20.2. The lowest BCUT2D eigenvalue weighted by Gasteiger charge is -2.30. The van der Waals surface area contributed by atoms with Gasteiger partial charge >= 0.3 is 0 Å². The lowest BCUT2D eigenvalue weighted by atomic mass is 10.1. The zero-order chi connectivity index (χ0) is 14.7. The van der Waals surface area contributed by atoms with Crippen molar-refractivity contribution in [3.8, 4) is 0 Å². The highest BCUT2D eigenvalue weighted by Gasteiger charge is 2.27. The molecule has 0 aromatic carbocycles. The number of carbonyl (C=O) groups is 1. The van der Waals surface area contributed by atoms with Crippen molar-refractivity contribution in [2.24, 2.45) is 0 Å². The van der Waals surface area contributed by atoms with E-state index < -0.39 is 0 Å². The Morgan fingerprint density at radius 1 is 1.40 bits per heavy atom. The van der Waals surface area contributed by atoms with Crippen molar-refractivity contribution in [1.29, 1.82) is 0 Å². The van der Waals surface area contributed by atoms with E-state index in [-0.39, 0.29) is 5.91 Å². The number of nitrogens with zero attached hydrogens (tertiary/aromatic N) is 2. The van der Waals surface area contributed by atoms with Crippen molar-refractivity contribution in [1.82, 2.24) is 9.47 Å². The largest absolute Gasteiger partial charge is 0.340 e. The number of rotatable bonds is 3. The van der Waals surface area contributed by atoms with Gasteiger partial charge in [0.2, 0.25) is 0 Å². The molecule has 1 saturated heterocycles. The van der Waals surface area contributed by atoms with E-state index in [2.05, 4.69) is 46.2 Å². The van der Waals surface area contributed by atoms with Crippen LogP contribution < -0.4 is 0 Å². The fourth-order valence-corrected chi connectivity index (χ4v) is 3.50. The summed E-state index contributed by atoms with van der Waals surface area (Å²) in [5, 5.41) is 0. The molecule has 1 atom stereocenters. The van der Waals surface area contributed by atoms with Gasteiger partial charge in [0, 0.05) is 29.3 Å². The predicted octanol–water partition coefficient (Wildman–Crippen LogP) is 4.63. The number of aromatic nitrogens is 1. The van der Waals surface area contributed by atoms with Gasteiger partial charge in [0.25, 0.3) is 5.91 Å². The van der Waals surface area contributed by atoms with Crippen LogP contribution in [0.3, 0.4) is 0 Å². The van der Waals surface area contributed by atoms with Gasteiger partial charge in [-0.15, -0.1) is 0 Å². The molecule has 0 bridgehead atoms. The second-order valence-electron chi connectivity index (χ2n) is 5.95. The Kier molecular flexibility index (Phi) is 5.30. The van der Waals surface area contributed by atoms with Crippen molar-refractivity contribution in [2.45, 2.75) is 65.0 Å². The minimum Gasteiger partial charge on any atom is -0.340 e. The standard InChI is InChI=1S/C16H25BrN2O/c1-4-14-8-6-5-7-9-18(14)16(20)15-10-13(17)11-19(15)12(2)3/h10-12,14H,4-9H2,1-3H3. The molecule has 0 aliphatic carbocycles. The summed E-state index contributed by atoms with van der Waals surface area (Å²) in [6.07, 6.45) is 7.83. The maximum absolute atomic E-state index is 12.9. The molecule has 1 amide bonds. The first-order valence-corrected chi connectivity index (χ1v) is 8.52. The summed E-state index contributed by atoms with van der Waals surface area (Å²) in [5.74, 6) is 0.193. The number of likely N-dealkylation sites (tertiary alicyclic amines) is 1. The highest BCUT2D eigenvalue weighted by molar-refractivity contribution is 9.10. The number of amides is 1. The summed E-state index contributed by atoms with van der Waals surface area (Å²) < 4.78 is 3.06. The Labute approximate surface area is 130 Å². The van der Waals surface area contributed by atoms with Crippen LogP contribution in [0.2, 0.25) is 0 Å². The predicted molar refractivity (Wildman–Crippen MR) is 86.1 cm³/mol. The molecule has 1 fully saturated rings. The summed E-state index contributed by atoms with van der Waals surface area (Å²) >= 11 is 3.50. The minimum absolute atomic E-state index is 0.193. The van der Waals surface area contributed by atoms with E-state index in [9.17, 15) is 4.79 Å². The van der Waals surface area contributed by atoms with Gasteiger partial charge in [0.05, 0.1) is 0 Å². The Morgan fingerprint density at radius 2 is 2.15 bits per heavy atom. The third-order valence-corrected chi connectivity index (χ3v) is 4.63. The summed E-state index contributed by atoms with van der Waals surface area (Å²) in [6, 6.07) is 2.66. The number of hydrogen-bond acceptors (Lipinski definition) is 1. The number of hydrogen-bond donors (Lipinski definition) is 0. The molecule has 0 radical (unpaired) electrons. The summed E-state index contributed by atoms with van der Waals surface area (Å²) in [6.45, 7) is 7.32. The van der Waals surface area contributed by atoms with E-state index in [0.29, 0.717) is 12.1 Å². The lowest BCUT2D eigenvalue weighted by molar-refractivity contribution is 0.0665. The fourth-order valence-electron chi connectivity index (χ4n) is 3.06. The summed E-state index contributed by atoms with van der Waals surface area (Å²) in [4.78, 5) is 15.0. The monoisotopic (exact) mass is 340 g/mol. The SMILES string of the molecule is CCC1CCCCCN1C(=O)c1cc(Br)cn1C(C)C. The molecule has 1 aromatic heterocycles. The van der Waals surface area contributed by atoms with Gasteiger partial charge in [0.1, 0.15) is 5.69 Å². The zero-order valence-electron chi connectivity index (χ0n) is 12.7. The lowest BCUT2D eigenvalue weighted by Crippen LogP contribution is -2.40. The molecule has 3 nitrogen and oxygen atoms in total.